The van der Waals surface area contributed by atoms with Crippen LogP contribution >= 0.6 is 11.8 Å². The molecule has 2 rings (SSSR count). The van der Waals surface area contributed by atoms with E-state index in [1.807, 2.05) is 13.8 Å². The third-order valence-electron chi connectivity index (χ3n) is 5.79. The van der Waals surface area contributed by atoms with Crippen LogP contribution in [0.3, 0.4) is 0 Å². The van der Waals surface area contributed by atoms with E-state index in [0.29, 0.717) is 25.3 Å². The number of aliphatic hydroxyl groups is 3. The van der Waals surface area contributed by atoms with Gasteiger partial charge in [0.1, 0.15) is 29.9 Å². The summed E-state index contributed by atoms with van der Waals surface area (Å²) < 4.78 is 18.3. The van der Waals surface area contributed by atoms with Gasteiger partial charge in [-0.05, 0) is 50.3 Å². The molecule has 0 aromatic carbocycles. The van der Waals surface area contributed by atoms with Crippen molar-refractivity contribution in [3.63, 3.8) is 0 Å². The Hall–Kier alpha value is -0.450. The Kier molecular flexibility index (Phi) is 9.43. The molecule has 9 heteroatoms. The van der Waals surface area contributed by atoms with Crippen LogP contribution in [0.5, 0.6) is 0 Å². The fourth-order valence-electron chi connectivity index (χ4n) is 4.08. The molecule has 2 fully saturated rings. The second kappa shape index (κ2) is 11.1. The van der Waals surface area contributed by atoms with Crippen LogP contribution in [0.1, 0.15) is 39.5 Å². The number of carbonyl (C=O) groups excluding carboxylic acids is 1. The van der Waals surface area contributed by atoms with Crippen LogP contribution in [-0.4, -0.2) is 82.6 Å². The second-order valence-corrected chi connectivity index (χ2v) is 9.12. The first-order valence-corrected chi connectivity index (χ1v) is 11.4. The van der Waals surface area contributed by atoms with Gasteiger partial charge in [0.05, 0.1) is 18.8 Å². The topological polar surface area (TPSA) is 111 Å². The van der Waals surface area contributed by atoms with Gasteiger partial charge in [0.25, 0.3) is 0 Å². The predicted octanol–water partition coefficient (Wildman–Crippen LogP) is 0.416. The number of rotatable bonds is 8. The van der Waals surface area contributed by atoms with Gasteiger partial charge in [-0.1, -0.05) is 13.8 Å². The molecule has 7 nitrogen and oxygen atoms in total. The minimum atomic E-state index is -1.34. The van der Waals surface area contributed by atoms with Crippen molar-refractivity contribution < 1.29 is 29.2 Å². The fraction of sp³-hybridized carbons (Fsp3) is 0.947. The predicted molar refractivity (Wildman–Crippen MR) is 107 cm³/mol. The van der Waals surface area contributed by atoms with E-state index in [0.717, 1.165) is 12.8 Å². The van der Waals surface area contributed by atoms with E-state index in [4.69, 9.17) is 4.74 Å². The van der Waals surface area contributed by atoms with Crippen LogP contribution < -0.4 is 10.6 Å². The standard InChI is InChI=1S/C19H35FN2O5S/c1-10(2)13(17-15(24)14(23)16(25)19(27-17)28-3)22-18(26)12-9-11(5-4-7-20)6-8-21-12/h10-17,19,21,23-25H,4-9H2,1-3H3,(H,22,26). The Balaban J connectivity index is 2.04. The van der Waals surface area contributed by atoms with Crippen molar-refractivity contribution in [2.24, 2.45) is 11.8 Å². The van der Waals surface area contributed by atoms with Crippen LogP contribution in [-0.2, 0) is 9.53 Å². The Labute approximate surface area is 170 Å². The van der Waals surface area contributed by atoms with Gasteiger partial charge < -0.3 is 30.7 Å². The number of hydrogen-bond acceptors (Lipinski definition) is 7. The lowest BCUT2D eigenvalue weighted by atomic mass is 9.86. The molecular weight excluding hydrogens is 387 g/mol. The molecule has 8 unspecified atom stereocenters. The minimum absolute atomic E-state index is 0.0560. The minimum Gasteiger partial charge on any atom is -0.388 e. The number of amides is 1. The maximum absolute atomic E-state index is 12.9. The molecule has 0 aromatic heterocycles. The second-order valence-electron chi connectivity index (χ2n) is 8.18. The number of ether oxygens (including phenoxy) is 1. The quantitative estimate of drug-likeness (QED) is 0.385. The first-order valence-electron chi connectivity index (χ1n) is 10.1. The number of halogens is 1. The van der Waals surface area contributed by atoms with Crippen molar-refractivity contribution >= 4 is 17.7 Å². The van der Waals surface area contributed by atoms with E-state index in [-0.39, 0.29) is 24.5 Å². The average molecular weight is 423 g/mol. The van der Waals surface area contributed by atoms with Crippen molar-refractivity contribution in [2.75, 3.05) is 19.5 Å². The number of hydrogen-bond donors (Lipinski definition) is 5. The zero-order valence-electron chi connectivity index (χ0n) is 16.9. The van der Waals surface area contributed by atoms with E-state index in [9.17, 15) is 24.5 Å². The van der Waals surface area contributed by atoms with Gasteiger partial charge in [-0.3, -0.25) is 9.18 Å². The number of piperidine rings is 1. The monoisotopic (exact) mass is 422 g/mol. The van der Waals surface area contributed by atoms with Crippen molar-refractivity contribution in [1.82, 2.24) is 10.6 Å². The van der Waals surface area contributed by atoms with E-state index >= 15 is 0 Å². The lowest BCUT2D eigenvalue weighted by molar-refractivity contribution is -0.208. The third-order valence-corrected chi connectivity index (χ3v) is 6.65. The highest BCUT2D eigenvalue weighted by molar-refractivity contribution is 7.99. The molecule has 2 aliphatic heterocycles. The zero-order valence-corrected chi connectivity index (χ0v) is 17.7. The maximum Gasteiger partial charge on any atom is 0.237 e. The summed E-state index contributed by atoms with van der Waals surface area (Å²) in [7, 11) is 0. The smallest absolute Gasteiger partial charge is 0.237 e. The fourth-order valence-corrected chi connectivity index (χ4v) is 4.76. The van der Waals surface area contributed by atoms with E-state index < -0.39 is 35.9 Å². The summed E-state index contributed by atoms with van der Waals surface area (Å²) in [6.45, 7) is 4.19. The lowest BCUT2D eigenvalue weighted by Gasteiger charge is -2.44. The van der Waals surface area contributed by atoms with Gasteiger partial charge >= 0.3 is 0 Å². The maximum atomic E-state index is 12.9. The first-order chi connectivity index (χ1) is 13.3. The van der Waals surface area contributed by atoms with Gasteiger partial charge in [0.2, 0.25) is 5.91 Å². The van der Waals surface area contributed by atoms with Crippen LogP contribution in [0, 0.1) is 11.8 Å². The molecule has 0 radical (unpaired) electrons. The number of nitrogens with one attached hydrogen (secondary N) is 2. The van der Waals surface area contributed by atoms with Crippen LogP contribution in [0.4, 0.5) is 4.39 Å². The summed E-state index contributed by atoms with van der Waals surface area (Å²) in [6.07, 6.45) is -0.0320. The van der Waals surface area contributed by atoms with Crippen LogP contribution in [0.25, 0.3) is 0 Å². The molecule has 0 spiro atoms. The van der Waals surface area contributed by atoms with Gasteiger partial charge in [-0.15, -0.1) is 11.8 Å². The van der Waals surface area contributed by atoms with Crippen LogP contribution in [0.2, 0.25) is 0 Å². The molecular formula is C19H35FN2O5S. The molecule has 2 aliphatic rings. The number of alkyl halides is 1. The van der Waals surface area contributed by atoms with E-state index in [1.165, 1.54) is 11.8 Å². The van der Waals surface area contributed by atoms with Crippen molar-refractivity contribution in [1.29, 1.82) is 0 Å². The molecule has 2 heterocycles. The molecule has 0 aromatic rings. The summed E-state index contributed by atoms with van der Waals surface area (Å²) >= 11 is 1.25. The molecule has 0 aliphatic carbocycles. The highest BCUT2D eigenvalue weighted by Crippen LogP contribution is 2.30. The Bertz CT molecular complexity index is 499. The largest absolute Gasteiger partial charge is 0.388 e. The molecule has 8 atom stereocenters. The lowest BCUT2D eigenvalue weighted by Crippen LogP contribution is -2.65. The van der Waals surface area contributed by atoms with Crippen molar-refractivity contribution in [3.8, 4) is 0 Å². The van der Waals surface area contributed by atoms with E-state index in [2.05, 4.69) is 10.6 Å². The van der Waals surface area contributed by atoms with Gasteiger partial charge in [-0.25, -0.2) is 0 Å². The number of carbonyl (C=O) groups is 1. The molecule has 0 bridgehead atoms. The Morgan fingerprint density at radius 2 is 2.00 bits per heavy atom. The van der Waals surface area contributed by atoms with Crippen molar-refractivity contribution in [2.45, 2.75) is 81.5 Å². The SMILES string of the molecule is CSC1OC(C(NC(=O)C2CC(CCCF)CCN2)C(C)C)C(O)C(O)C1O. The average Bonchev–Trinajstić information content (AvgIpc) is 2.69. The third kappa shape index (κ3) is 5.79. The highest BCUT2D eigenvalue weighted by Gasteiger charge is 2.47. The molecule has 2 saturated heterocycles. The van der Waals surface area contributed by atoms with Gasteiger partial charge in [-0.2, -0.15) is 0 Å². The molecule has 1 amide bonds. The molecule has 5 N–H and O–H groups in total. The Morgan fingerprint density at radius 1 is 1.29 bits per heavy atom. The number of aliphatic hydroxyl groups excluding tert-OH is 3. The Morgan fingerprint density at radius 3 is 2.61 bits per heavy atom. The van der Waals surface area contributed by atoms with E-state index in [1.54, 1.807) is 6.26 Å². The summed E-state index contributed by atoms with van der Waals surface area (Å²) in [5.74, 6) is 0.0832. The summed E-state index contributed by atoms with van der Waals surface area (Å²) in [4.78, 5) is 12.9. The van der Waals surface area contributed by atoms with Gasteiger partial charge in [0, 0.05) is 0 Å². The van der Waals surface area contributed by atoms with Crippen LogP contribution in [0.15, 0.2) is 0 Å². The molecule has 164 valence electrons. The number of thioether (sulfide) groups is 1. The highest BCUT2D eigenvalue weighted by atomic mass is 32.2. The summed E-state index contributed by atoms with van der Waals surface area (Å²) in [6, 6.07) is -0.889. The van der Waals surface area contributed by atoms with Crippen molar-refractivity contribution in [3.05, 3.63) is 0 Å². The first kappa shape index (κ1) is 23.8. The summed E-state index contributed by atoms with van der Waals surface area (Å²) in [5.41, 5.74) is -0.681. The summed E-state index contributed by atoms with van der Waals surface area (Å²) in [5, 5.41) is 36.9. The molecule has 28 heavy (non-hydrogen) atoms. The van der Waals surface area contributed by atoms with Gasteiger partial charge in [0.15, 0.2) is 0 Å². The molecule has 0 saturated carbocycles. The zero-order chi connectivity index (χ0) is 20.8. The normalized spacial score (nSPS) is 37.6.